The molecule has 4 nitrogen and oxygen atoms in total. The zero-order chi connectivity index (χ0) is 16.4. The quantitative estimate of drug-likeness (QED) is 0.761. The Kier molecular flexibility index (Phi) is 4.00. The maximum absolute atomic E-state index is 11.8. The standard InChI is InChI=1S/C19H17NO3/c1-12-16(14-5-3-2-4-6-14)17(19(21)22)18(23-12)15-9-7-13(11-20)8-10-15/h2-10H,11,20H2,1H3,(H,21,22). The van der Waals surface area contributed by atoms with Gasteiger partial charge in [-0.1, -0.05) is 54.6 Å². The first kappa shape index (κ1) is 15.1. The molecular formula is C19H17NO3. The largest absolute Gasteiger partial charge is 0.478 e. The van der Waals surface area contributed by atoms with Gasteiger partial charge in [-0.25, -0.2) is 4.79 Å². The third-order valence-corrected chi connectivity index (χ3v) is 3.81. The summed E-state index contributed by atoms with van der Waals surface area (Å²) >= 11 is 0. The summed E-state index contributed by atoms with van der Waals surface area (Å²) in [5.41, 5.74) is 8.95. The highest BCUT2D eigenvalue weighted by Crippen LogP contribution is 2.37. The van der Waals surface area contributed by atoms with Crippen LogP contribution in [0.25, 0.3) is 22.5 Å². The summed E-state index contributed by atoms with van der Waals surface area (Å²) in [5, 5.41) is 9.70. The van der Waals surface area contributed by atoms with E-state index in [1.54, 1.807) is 6.92 Å². The van der Waals surface area contributed by atoms with Crippen LogP contribution in [-0.2, 0) is 6.54 Å². The number of benzene rings is 2. The molecule has 0 aliphatic rings. The number of aromatic carboxylic acids is 1. The number of carboxylic acids is 1. The predicted molar refractivity (Wildman–Crippen MR) is 89.2 cm³/mol. The van der Waals surface area contributed by atoms with Crippen LogP contribution in [0.3, 0.4) is 0 Å². The summed E-state index contributed by atoms with van der Waals surface area (Å²) in [6, 6.07) is 16.8. The van der Waals surface area contributed by atoms with Gasteiger partial charge in [-0.15, -0.1) is 0 Å². The van der Waals surface area contributed by atoms with Crippen molar-refractivity contribution in [1.29, 1.82) is 0 Å². The molecule has 3 aromatic rings. The number of rotatable bonds is 4. The van der Waals surface area contributed by atoms with E-state index in [0.717, 1.165) is 16.7 Å². The van der Waals surface area contributed by atoms with Gasteiger partial charge in [0.1, 0.15) is 17.1 Å². The summed E-state index contributed by atoms with van der Waals surface area (Å²) in [6.45, 7) is 2.23. The van der Waals surface area contributed by atoms with Crippen molar-refractivity contribution >= 4 is 5.97 Å². The van der Waals surface area contributed by atoms with Crippen molar-refractivity contribution in [3.63, 3.8) is 0 Å². The molecule has 0 saturated carbocycles. The van der Waals surface area contributed by atoms with Crippen LogP contribution in [-0.4, -0.2) is 11.1 Å². The number of hydrogen-bond acceptors (Lipinski definition) is 3. The highest BCUT2D eigenvalue weighted by Gasteiger charge is 2.25. The molecule has 1 heterocycles. The Balaban J connectivity index is 2.20. The van der Waals surface area contributed by atoms with Gasteiger partial charge in [-0.3, -0.25) is 0 Å². The van der Waals surface area contributed by atoms with Crippen molar-refractivity contribution < 1.29 is 14.3 Å². The van der Waals surface area contributed by atoms with E-state index in [1.807, 2.05) is 54.6 Å². The van der Waals surface area contributed by atoms with E-state index in [-0.39, 0.29) is 5.56 Å². The van der Waals surface area contributed by atoms with Crippen molar-refractivity contribution in [3.05, 3.63) is 71.5 Å². The molecule has 0 bridgehead atoms. The van der Waals surface area contributed by atoms with Crippen LogP contribution >= 0.6 is 0 Å². The van der Waals surface area contributed by atoms with Crippen LogP contribution in [0.15, 0.2) is 59.0 Å². The molecule has 23 heavy (non-hydrogen) atoms. The van der Waals surface area contributed by atoms with Crippen LogP contribution in [0.4, 0.5) is 0 Å². The molecule has 3 N–H and O–H groups in total. The topological polar surface area (TPSA) is 76.5 Å². The van der Waals surface area contributed by atoms with Crippen LogP contribution in [0.2, 0.25) is 0 Å². The molecule has 0 aliphatic carbocycles. The Morgan fingerprint density at radius 2 is 1.70 bits per heavy atom. The maximum Gasteiger partial charge on any atom is 0.340 e. The second-order valence-corrected chi connectivity index (χ2v) is 5.31. The first-order valence-electron chi connectivity index (χ1n) is 7.33. The molecule has 4 heteroatoms. The third-order valence-electron chi connectivity index (χ3n) is 3.81. The molecule has 1 aromatic heterocycles. The highest BCUT2D eigenvalue weighted by atomic mass is 16.4. The minimum atomic E-state index is -1.00. The second-order valence-electron chi connectivity index (χ2n) is 5.31. The van der Waals surface area contributed by atoms with Gasteiger partial charge in [-0.2, -0.15) is 0 Å². The van der Waals surface area contributed by atoms with Crippen LogP contribution in [0, 0.1) is 6.92 Å². The van der Waals surface area contributed by atoms with Crippen LogP contribution < -0.4 is 5.73 Å². The minimum absolute atomic E-state index is 0.189. The molecule has 3 rings (SSSR count). The molecule has 0 radical (unpaired) electrons. The van der Waals surface area contributed by atoms with E-state index in [4.69, 9.17) is 10.2 Å². The van der Waals surface area contributed by atoms with Gasteiger partial charge in [0.15, 0.2) is 0 Å². The molecule has 0 fully saturated rings. The molecule has 116 valence electrons. The summed E-state index contributed by atoms with van der Waals surface area (Å²) in [6.07, 6.45) is 0. The normalized spacial score (nSPS) is 10.7. The number of aryl methyl sites for hydroxylation is 1. The zero-order valence-corrected chi connectivity index (χ0v) is 12.7. The average Bonchev–Trinajstić information content (AvgIpc) is 2.93. The Labute approximate surface area is 134 Å². The van der Waals surface area contributed by atoms with Gasteiger partial charge in [0.2, 0.25) is 0 Å². The average molecular weight is 307 g/mol. The number of furan rings is 1. The van der Waals surface area contributed by atoms with Crippen molar-refractivity contribution in [1.82, 2.24) is 0 Å². The monoisotopic (exact) mass is 307 g/mol. The lowest BCUT2D eigenvalue weighted by Crippen LogP contribution is -2.00. The SMILES string of the molecule is Cc1oc(-c2ccc(CN)cc2)c(C(=O)O)c1-c1ccccc1. The van der Waals surface area contributed by atoms with E-state index in [0.29, 0.717) is 23.6 Å². The lowest BCUT2D eigenvalue weighted by atomic mass is 9.98. The van der Waals surface area contributed by atoms with Gasteiger partial charge >= 0.3 is 5.97 Å². The van der Waals surface area contributed by atoms with E-state index < -0.39 is 5.97 Å². The summed E-state index contributed by atoms with van der Waals surface area (Å²) in [4.78, 5) is 11.8. The fourth-order valence-corrected chi connectivity index (χ4v) is 2.70. The van der Waals surface area contributed by atoms with Crippen molar-refractivity contribution in [2.75, 3.05) is 0 Å². The molecule has 0 unspecified atom stereocenters. The number of carbonyl (C=O) groups is 1. The zero-order valence-electron chi connectivity index (χ0n) is 12.7. The van der Waals surface area contributed by atoms with Crippen molar-refractivity contribution in [3.8, 4) is 22.5 Å². The lowest BCUT2D eigenvalue weighted by Gasteiger charge is -2.03. The van der Waals surface area contributed by atoms with Crippen LogP contribution in [0.5, 0.6) is 0 Å². The number of nitrogens with two attached hydrogens (primary N) is 1. The first-order valence-corrected chi connectivity index (χ1v) is 7.33. The first-order chi connectivity index (χ1) is 11.1. The van der Waals surface area contributed by atoms with Crippen molar-refractivity contribution in [2.45, 2.75) is 13.5 Å². The molecule has 0 spiro atoms. The molecule has 0 atom stereocenters. The van der Waals surface area contributed by atoms with Crippen LogP contribution in [0.1, 0.15) is 21.7 Å². The molecule has 2 aromatic carbocycles. The molecular weight excluding hydrogens is 290 g/mol. The Bertz CT molecular complexity index is 833. The van der Waals surface area contributed by atoms with E-state index in [2.05, 4.69) is 0 Å². The van der Waals surface area contributed by atoms with Gasteiger partial charge in [-0.05, 0) is 18.1 Å². The molecule has 0 aliphatic heterocycles. The summed E-state index contributed by atoms with van der Waals surface area (Å²) in [5.74, 6) is -0.0393. The summed E-state index contributed by atoms with van der Waals surface area (Å²) < 4.78 is 5.81. The fraction of sp³-hybridized carbons (Fsp3) is 0.105. The smallest absolute Gasteiger partial charge is 0.340 e. The third kappa shape index (κ3) is 2.76. The van der Waals surface area contributed by atoms with Crippen molar-refractivity contribution in [2.24, 2.45) is 5.73 Å². The maximum atomic E-state index is 11.8. The van der Waals surface area contributed by atoms with E-state index in [9.17, 15) is 9.90 Å². The Hall–Kier alpha value is -2.85. The Morgan fingerprint density at radius 1 is 1.04 bits per heavy atom. The Morgan fingerprint density at radius 3 is 2.26 bits per heavy atom. The minimum Gasteiger partial charge on any atom is -0.478 e. The fourth-order valence-electron chi connectivity index (χ4n) is 2.70. The second kappa shape index (κ2) is 6.10. The van der Waals surface area contributed by atoms with E-state index >= 15 is 0 Å². The summed E-state index contributed by atoms with van der Waals surface area (Å²) in [7, 11) is 0. The number of carboxylic acid groups (broad SMARTS) is 1. The van der Waals surface area contributed by atoms with Gasteiger partial charge in [0.25, 0.3) is 0 Å². The molecule has 0 amide bonds. The highest BCUT2D eigenvalue weighted by molar-refractivity contribution is 6.02. The predicted octanol–water partition coefficient (Wildman–Crippen LogP) is 4.08. The van der Waals surface area contributed by atoms with Gasteiger partial charge in [0, 0.05) is 17.7 Å². The van der Waals surface area contributed by atoms with Gasteiger partial charge < -0.3 is 15.3 Å². The van der Waals surface area contributed by atoms with Gasteiger partial charge in [0.05, 0.1) is 0 Å². The lowest BCUT2D eigenvalue weighted by molar-refractivity contribution is 0.0698. The number of hydrogen-bond donors (Lipinski definition) is 2. The molecule has 0 saturated heterocycles. The van der Waals surface area contributed by atoms with E-state index in [1.165, 1.54) is 0 Å².